The molecule has 2 heterocycles. The van der Waals surface area contributed by atoms with E-state index >= 15 is 0 Å². The Kier molecular flexibility index (Phi) is 2.64. The molecule has 0 saturated heterocycles. The number of nitrogen functional groups attached to an aromatic ring is 1. The van der Waals surface area contributed by atoms with Crippen molar-refractivity contribution in [3.05, 3.63) is 41.9 Å². The van der Waals surface area contributed by atoms with Crippen LogP contribution in [0.2, 0.25) is 0 Å². The molecule has 19 heavy (non-hydrogen) atoms. The van der Waals surface area contributed by atoms with Crippen LogP contribution in [0.5, 0.6) is 0 Å². The Morgan fingerprint density at radius 3 is 2.74 bits per heavy atom. The first kappa shape index (κ1) is 11.6. The van der Waals surface area contributed by atoms with E-state index in [0.29, 0.717) is 11.6 Å². The normalized spacial score (nSPS) is 10.9. The van der Waals surface area contributed by atoms with Crippen LogP contribution >= 0.6 is 0 Å². The minimum Gasteiger partial charge on any atom is -0.308 e. The third-order valence-electron chi connectivity index (χ3n) is 3.05. The summed E-state index contributed by atoms with van der Waals surface area (Å²) in [7, 11) is 0. The molecule has 0 bridgehead atoms. The van der Waals surface area contributed by atoms with E-state index in [0.717, 1.165) is 22.3 Å². The fourth-order valence-electron chi connectivity index (χ4n) is 2.10. The first-order valence-electron chi connectivity index (χ1n) is 5.95. The summed E-state index contributed by atoms with van der Waals surface area (Å²) in [6, 6.07) is 7.99. The summed E-state index contributed by atoms with van der Waals surface area (Å²) >= 11 is 0. The number of hydrogen-bond acceptors (Lipinski definition) is 5. The van der Waals surface area contributed by atoms with Crippen molar-refractivity contribution in [1.82, 2.24) is 19.7 Å². The smallest absolute Gasteiger partial charge is 0.162 e. The van der Waals surface area contributed by atoms with Crippen molar-refractivity contribution >= 4 is 16.7 Å². The lowest BCUT2D eigenvalue weighted by Crippen LogP contribution is -2.14. The molecule has 96 valence electrons. The van der Waals surface area contributed by atoms with Gasteiger partial charge in [0.25, 0.3) is 0 Å². The molecule has 3 N–H and O–H groups in total. The third kappa shape index (κ3) is 1.82. The molecule has 0 saturated carbocycles. The molecule has 0 radical (unpaired) electrons. The van der Waals surface area contributed by atoms with Gasteiger partial charge in [0.1, 0.15) is 11.6 Å². The second kappa shape index (κ2) is 4.33. The molecule has 0 aliphatic heterocycles. The Hall–Kier alpha value is -2.47. The van der Waals surface area contributed by atoms with Crippen LogP contribution in [-0.2, 0) is 0 Å². The summed E-state index contributed by atoms with van der Waals surface area (Å²) in [6.07, 6.45) is 1.82. The summed E-state index contributed by atoms with van der Waals surface area (Å²) in [5, 5.41) is 5.47. The van der Waals surface area contributed by atoms with Gasteiger partial charge >= 0.3 is 0 Å². The molecule has 0 fully saturated rings. The number of anilines is 1. The molecular weight excluding hydrogens is 240 g/mol. The van der Waals surface area contributed by atoms with Gasteiger partial charge in [0.15, 0.2) is 5.82 Å². The lowest BCUT2D eigenvalue weighted by Gasteiger charge is -2.11. The van der Waals surface area contributed by atoms with Gasteiger partial charge in [-0.05, 0) is 19.9 Å². The van der Waals surface area contributed by atoms with E-state index in [-0.39, 0.29) is 0 Å². The maximum atomic E-state index is 5.48. The van der Waals surface area contributed by atoms with Gasteiger partial charge in [-0.2, -0.15) is 5.10 Å². The molecule has 3 aromatic rings. The Morgan fingerprint density at radius 1 is 1.16 bits per heavy atom. The van der Waals surface area contributed by atoms with Gasteiger partial charge in [-0.25, -0.2) is 20.5 Å². The maximum Gasteiger partial charge on any atom is 0.162 e. The highest BCUT2D eigenvalue weighted by molar-refractivity contribution is 5.80. The highest BCUT2D eigenvalue weighted by Crippen LogP contribution is 2.22. The van der Waals surface area contributed by atoms with Gasteiger partial charge in [0.05, 0.1) is 11.7 Å². The number of nitrogens with two attached hydrogens (primary N) is 1. The first-order valence-corrected chi connectivity index (χ1v) is 5.95. The molecule has 1 aromatic carbocycles. The lowest BCUT2D eigenvalue weighted by molar-refractivity contribution is 0.841. The van der Waals surface area contributed by atoms with E-state index in [9.17, 15) is 0 Å². The monoisotopic (exact) mass is 254 g/mol. The second-order valence-corrected chi connectivity index (χ2v) is 4.33. The zero-order valence-electron chi connectivity index (χ0n) is 10.8. The van der Waals surface area contributed by atoms with Gasteiger partial charge in [-0.15, -0.1) is 0 Å². The fraction of sp³-hybridized carbons (Fsp3) is 0.154. The second-order valence-electron chi connectivity index (χ2n) is 4.33. The number of fused-ring (bicyclic) bond motifs is 1. The SMILES string of the molecule is Cc1nc(NN)c(C)c(-n2ncc3ccccc32)n1. The topological polar surface area (TPSA) is 81.6 Å². The molecule has 6 heteroatoms. The molecule has 2 aromatic heterocycles. The Labute approximate surface area is 110 Å². The van der Waals surface area contributed by atoms with Crippen molar-refractivity contribution in [1.29, 1.82) is 0 Å². The molecule has 0 aliphatic carbocycles. The molecule has 0 spiro atoms. The number of aromatic nitrogens is 4. The summed E-state index contributed by atoms with van der Waals surface area (Å²) in [5.41, 5.74) is 4.46. The van der Waals surface area contributed by atoms with Crippen LogP contribution < -0.4 is 11.3 Å². The summed E-state index contributed by atoms with van der Waals surface area (Å²) in [6.45, 7) is 3.75. The first-order chi connectivity index (χ1) is 9.20. The van der Waals surface area contributed by atoms with Crippen molar-refractivity contribution < 1.29 is 0 Å². The summed E-state index contributed by atoms with van der Waals surface area (Å²) in [5.74, 6) is 7.48. The maximum absolute atomic E-state index is 5.48. The average molecular weight is 254 g/mol. The standard InChI is InChI=1S/C13H14N6/c1-8-12(18-14)16-9(2)17-13(8)19-11-6-4-3-5-10(11)7-15-19/h3-7H,14H2,1-2H3,(H,16,17,18). The molecular formula is C13H14N6. The fourth-order valence-corrected chi connectivity index (χ4v) is 2.10. The minimum absolute atomic E-state index is 0.613. The predicted molar refractivity (Wildman–Crippen MR) is 73.9 cm³/mol. The quantitative estimate of drug-likeness (QED) is 0.537. The molecule has 6 nitrogen and oxygen atoms in total. The van der Waals surface area contributed by atoms with Gasteiger partial charge < -0.3 is 5.43 Å². The Morgan fingerprint density at radius 2 is 1.95 bits per heavy atom. The van der Waals surface area contributed by atoms with Crippen LogP contribution in [0.3, 0.4) is 0 Å². The number of nitrogens with zero attached hydrogens (tertiary/aromatic N) is 4. The highest BCUT2D eigenvalue weighted by Gasteiger charge is 2.13. The minimum atomic E-state index is 0.613. The van der Waals surface area contributed by atoms with Gasteiger partial charge in [0, 0.05) is 10.9 Å². The van der Waals surface area contributed by atoms with E-state index in [1.54, 1.807) is 4.68 Å². The number of nitrogens with one attached hydrogen (secondary N) is 1. The van der Waals surface area contributed by atoms with Crippen LogP contribution in [0.4, 0.5) is 5.82 Å². The number of aryl methyl sites for hydroxylation is 1. The van der Waals surface area contributed by atoms with Crippen molar-refractivity contribution in [2.45, 2.75) is 13.8 Å². The zero-order chi connectivity index (χ0) is 13.4. The van der Waals surface area contributed by atoms with Crippen molar-refractivity contribution in [3.63, 3.8) is 0 Å². The van der Waals surface area contributed by atoms with Crippen molar-refractivity contribution in [2.75, 3.05) is 5.43 Å². The van der Waals surface area contributed by atoms with E-state index in [1.807, 2.05) is 44.3 Å². The molecule has 0 aliphatic rings. The largest absolute Gasteiger partial charge is 0.308 e. The Bertz CT molecular complexity index is 746. The molecule has 0 atom stereocenters. The molecule has 0 unspecified atom stereocenters. The van der Waals surface area contributed by atoms with Crippen LogP contribution in [-0.4, -0.2) is 19.7 Å². The van der Waals surface area contributed by atoms with Crippen LogP contribution in [0.15, 0.2) is 30.5 Å². The van der Waals surface area contributed by atoms with Crippen molar-refractivity contribution in [2.24, 2.45) is 5.84 Å². The van der Waals surface area contributed by atoms with Gasteiger partial charge in [-0.1, -0.05) is 18.2 Å². The lowest BCUT2D eigenvalue weighted by atomic mass is 10.2. The predicted octanol–water partition coefficient (Wildman–Crippen LogP) is 1.72. The number of benzene rings is 1. The van der Waals surface area contributed by atoms with Crippen LogP contribution in [0.25, 0.3) is 16.7 Å². The van der Waals surface area contributed by atoms with Crippen LogP contribution in [0.1, 0.15) is 11.4 Å². The Balaban J connectivity index is 2.30. The summed E-state index contributed by atoms with van der Waals surface area (Å²) in [4.78, 5) is 8.72. The van der Waals surface area contributed by atoms with Crippen molar-refractivity contribution in [3.8, 4) is 5.82 Å². The van der Waals surface area contributed by atoms with Gasteiger partial charge in [0.2, 0.25) is 0 Å². The summed E-state index contributed by atoms with van der Waals surface area (Å²) < 4.78 is 1.81. The molecule has 0 amide bonds. The van der Waals surface area contributed by atoms with Crippen LogP contribution in [0, 0.1) is 13.8 Å². The molecule has 3 rings (SSSR count). The third-order valence-corrected chi connectivity index (χ3v) is 3.05. The average Bonchev–Trinajstić information content (AvgIpc) is 2.85. The highest BCUT2D eigenvalue weighted by atomic mass is 15.3. The van der Waals surface area contributed by atoms with Gasteiger partial charge in [-0.3, -0.25) is 0 Å². The number of hydrogen-bond donors (Lipinski definition) is 2. The number of para-hydroxylation sites is 1. The van der Waals surface area contributed by atoms with E-state index < -0.39 is 0 Å². The van der Waals surface area contributed by atoms with E-state index in [1.165, 1.54) is 0 Å². The number of rotatable bonds is 2. The van der Waals surface area contributed by atoms with E-state index in [4.69, 9.17) is 5.84 Å². The zero-order valence-corrected chi connectivity index (χ0v) is 10.8. The number of hydrazine groups is 1. The van der Waals surface area contributed by atoms with E-state index in [2.05, 4.69) is 20.5 Å².